The Hall–Kier alpha value is -3.41. The van der Waals surface area contributed by atoms with Crippen LogP contribution in [0.3, 0.4) is 0 Å². The van der Waals surface area contributed by atoms with Crippen molar-refractivity contribution in [2.75, 3.05) is 13.7 Å². The van der Waals surface area contributed by atoms with Crippen LogP contribution in [-0.4, -0.2) is 77.1 Å². The fourth-order valence-corrected chi connectivity index (χ4v) is 6.21. The number of carbonyl (C=O) groups excluding carboxylic acids is 5. The topological polar surface area (TPSA) is 178 Å². The molecule has 1 aromatic heterocycles. The molecule has 6 N–H and O–H groups in total. The molecule has 2 heterocycles. The average molecular weight is 625 g/mol. The maximum Gasteiger partial charge on any atom is 0.256 e. The van der Waals surface area contributed by atoms with Crippen molar-refractivity contribution in [3.05, 3.63) is 36.0 Å². The number of nitrogens with two attached hydrogens (primary N) is 2. The minimum absolute atomic E-state index is 0.149. The number of H-pyrrole nitrogens is 1. The number of nitrogens with zero attached hydrogens (tertiary/aromatic N) is 1. The van der Waals surface area contributed by atoms with E-state index in [1.807, 2.05) is 57.5 Å². The molecular weight excluding hydrogens is 574 g/mol. The number of aromatic amines is 1. The molecule has 45 heavy (non-hydrogen) atoms. The molecule has 11 heteroatoms. The Morgan fingerprint density at radius 2 is 1.87 bits per heavy atom. The van der Waals surface area contributed by atoms with Crippen LogP contribution in [0.4, 0.5) is 0 Å². The number of likely N-dealkylation sites (tertiary alicyclic amines) is 1. The second-order valence-electron chi connectivity index (χ2n) is 12.2. The van der Waals surface area contributed by atoms with Gasteiger partial charge in [0, 0.05) is 43.6 Å². The first-order valence-corrected chi connectivity index (χ1v) is 16.2. The molecule has 1 radical (unpaired) electrons. The third kappa shape index (κ3) is 8.45. The van der Waals surface area contributed by atoms with E-state index in [1.54, 1.807) is 0 Å². The number of nitrogens with one attached hydrogen (secondary N) is 2. The molecule has 0 bridgehead atoms. The van der Waals surface area contributed by atoms with Crippen molar-refractivity contribution in [2.45, 2.75) is 109 Å². The van der Waals surface area contributed by atoms with Gasteiger partial charge in [-0.15, -0.1) is 0 Å². The Balaban J connectivity index is 1.74. The predicted molar refractivity (Wildman–Crippen MR) is 173 cm³/mol. The molecule has 6 atom stereocenters. The summed E-state index contributed by atoms with van der Waals surface area (Å²) in [5.74, 6) is -2.50. The van der Waals surface area contributed by atoms with Crippen molar-refractivity contribution in [3.8, 4) is 0 Å². The SMILES string of the molecule is CCC(=O)CCCCCC(N)C(=O)C1CCCN(C(=O)[C@@H](NC(=O)[C@@H](N)Cc2c[nH]c3ccccc23)[C@@H](C)CC)[C@@]1([C]=O)OC. The van der Waals surface area contributed by atoms with Crippen LogP contribution < -0.4 is 16.8 Å². The van der Waals surface area contributed by atoms with E-state index in [9.17, 15) is 24.0 Å². The number of methoxy groups -OCH3 is 1. The molecule has 2 unspecified atom stereocenters. The summed E-state index contributed by atoms with van der Waals surface area (Å²) in [4.78, 5) is 69.8. The minimum atomic E-state index is -1.97. The number of carbonyl (C=O) groups is 4. The van der Waals surface area contributed by atoms with E-state index >= 15 is 0 Å². The van der Waals surface area contributed by atoms with Crippen LogP contribution in [0.2, 0.25) is 0 Å². The number of rotatable bonds is 18. The normalized spacial score (nSPS) is 21.1. The zero-order valence-corrected chi connectivity index (χ0v) is 27.1. The molecule has 247 valence electrons. The van der Waals surface area contributed by atoms with E-state index in [4.69, 9.17) is 16.2 Å². The predicted octanol–water partition coefficient (Wildman–Crippen LogP) is 3.09. The number of Topliss-reactive ketones (excluding diaryl/α,β-unsaturated/α-hetero) is 2. The largest absolute Gasteiger partial charge is 0.361 e. The lowest BCUT2D eigenvalue weighted by molar-refractivity contribution is -0.178. The molecule has 1 aromatic carbocycles. The molecule has 0 spiro atoms. The van der Waals surface area contributed by atoms with Crippen LogP contribution >= 0.6 is 0 Å². The molecule has 1 aliphatic heterocycles. The second-order valence-corrected chi connectivity index (χ2v) is 12.2. The minimum Gasteiger partial charge on any atom is -0.361 e. The van der Waals surface area contributed by atoms with E-state index in [0.29, 0.717) is 44.9 Å². The molecule has 0 aliphatic carbocycles. The monoisotopic (exact) mass is 624 g/mol. The molecule has 11 nitrogen and oxygen atoms in total. The zero-order chi connectivity index (χ0) is 33.1. The summed E-state index contributed by atoms with van der Waals surface area (Å²) in [6, 6.07) is 4.93. The van der Waals surface area contributed by atoms with Gasteiger partial charge in [0.25, 0.3) is 6.29 Å². The molecule has 1 fully saturated rings. The number of amides is 2. The van der Waals surface area contributed by atoms with Crippen LogP contribution in [0.25, 0.3) is 10.9 Å². The van der Waals surface area contributed by atoms with Crippen molar-refractivity contribution >= 4 is 40.6 Å². The first-order chi connectivity index (χ1) is 21.5. The van der Waals surface area contributed by atoms with Crippen molar-refractivity contribution in [2.24, 2.45) is 23.3 Å². The number of aromatic nitrogens is 1. The van der Waals surface area contributed by atoms with Gasteiger partial charge in [0.15, 0.2) is 5.78 Å². The molecule has 2 amide bonds. The molecule has 3 rings (SSSR count). The Kier molecular flexibility index (Phi) is 13.4. The van der Waals surface area contributed by atoms with Crippen molar-refractivity contribution in [1.29, 1.82) is 0 Å². The van der Waals surface area contributed by atoms with Gasteiger partial charge >= 0.3 is 0 Å². The Labute approximate surface area is 266 Å². The van der Waals surface area contributed by atoms with Gasteiger partial charge in [-0.3, -0.25) is 24.0 Å². The summed E-state index contributed by atoms with van der Waals surface area (Å²) in [7, 11) is 1.28. The summed E-state index contributed by atoms with van der Waals surface area (Å²) >= 11 is 0. The van der Waals surface area contributed by atoms with Gasteiger partial charge in [0.2, 0.25) is 17.5 Å². The number of piperidine rings is 1. The fraction of sp³-hybridized carbons (Fsp3) is 0.618. The van der Waals surface area contributed by atoms with Crippen LogP contribution in [0, 0.1) is 11.8 Å². The first-order valence-electron chi connectivity index (χ1n) is 16.2. The van der Waals surface area contributed by atoms with Crippen molar-refractivity contribution in [3.63, 3.8) is 0 Å². The van der Waals surface area contributed by atoms with E-state index in [0.717, 1.165) is 29.3 Å². The number of para-hydroxylation sites is 1. The summed E-state index contributed by atoms with van der Waals surface area (Å²) < 4.78 is 5.68. The van der Waals surface area contributed by atoms with Gasteiger partial charge in [0.05, 0.1) is 18.0 Å². The fourth-order valence-electron chi connectivity index (χ4n) is 6.21. The van der Waals surface area contributed by atoms with Crippen molar-refractivity contribution in [1.82, 2.24) is 15.2 Å². The van der Waals surface area contributed by atoms with Crippen LogP contribution in [-0.2, 0) is 35.1 Å². The first kappa shape index (κ1) is 36.1. The quantitative estimate of drug-likeness (QED) is 0.183. The highest BCUT2D eigenvalue weighted by Gasteiger charge is 2.55. The maximum atomic E-state index is 14.2. The molecule has 1 aliphatic rings. The highest BCUT2D eigenvalue weighted by Crippen LogP contribution is 2.36. The third-order valence-electron chi connectivity index (χ3n) is 9.27. The smallest absolute Gasteiger partial charge is 0.256 e. The van der Waals surface area contributed by atoms with Gasteiger partial charge in [-0.25, -0.2) is 0 Å². The number of hydrogen-bond acceptors (Lipinski definition) is 8. The van der Waals surface area contributed by atoms with Crippen molar-refractivity contribution < 1.29 is 28.7 Å². The Morgan fingerprint density at radius 3 is 2.53 bits per heavy atom. The summed E-state index contributed by atoms with van der Waals surface area (Å²) in [5.41, 5.74) is 12.5. The third-order valence-corrected chi connectivity index (χ3v) is 9.27. The molecule has 0 saturated carbocycles. The lowest BCUT2D eigenvalue weighted by Gasteiger charge is -2.48. The summed E-state index contributed by atoms with van der Waals surface area (Å²) in [6.07, 6.45) is 8.85. The van der Waals surface area contributed by atoms with Gasteiger partial charge in [-0.2, -0.15) is 0 Å². The highest BCUT2D eigenvalue weighted by atomic mass is 16.5. The molecule has 1 saturated heterocycles. The standard InChI is InChI=1S/C34H50N5O6/c1-5-22(3)30(38-32(43)28(36)19-23-20-37-29-17-11-10-14-25(23)29)33(44)39-18-12-15-26(34(39,21-40)45-4)31(42)27(35)16-9-7-8-13-24(41)6-2/h10-11,14,17,20,22,26-28,30,37H,5-9,12-13,15-16,18-19,35-36H2,1-4H3,(H,38,43)/t22-,26?,27?,28-,30-,34-/m0/s1. The highest BCUT2D eigenvalue weighted by molar-refractivity contribution is 5.96. The summed E-state index contributed by atoms with van der Waals surface area (Å²) in [5, 5.41) is 3.81. The van der Waals surface area contributed by atoms with Crippen LogP contribution in [0.1, 0.15) is 84.1 Å². The Morgan fingerprint density at radius 1 is 1.13 bits per heavy atom. The number of hydrogen-bond donors (Lipinski definition) is 4. The maximum absolute atomic E-state index is 14.2. The number of unbranched alkanes of at least 4 members (excludes halogenated alkanes) is 2. The van der Waals surface area contributed by atoms with Gasteiger partial charge in [-0.05, 0) is 49.7 Å². The van der Waals surface area contributed by atoms with E-state index < -0.39 is 41.6 Å². The number of ether oxygens (including phenoxy) is 1. The number of fused-ring (bicyclic) bond motifs is 1. The molecule has 2 aromatic rings. The molecular formula is C34H50N5O6. The second kappa shape index (κ2) is 16.8. The van der Waals surface area contributed by atoms with E-state index in [2.05, 4.69) is 10.3 Å². The number of ketones is 2. The van der Waals surface area contributed by atoms with Gasteiger partial charge < -0.3 is 31.4 Å². The van der Waals surface area contributed by atoms with Crippen LogP contribution in [0.15, 0.2) is 30.5 Å². The average Bonchev–Trinajstić information content (AvgIpc) is 3.47. The van der Waals surface area contributed by atoms with E-state index in [-0.39, 0.29) is 30.4 Å². The van der Waals surface area contributed by atoms with Crippen LogP contribution in [0.5, 0.6) is 0 Å². The van der Waals surface area contributed by atoms with Gasteiger partial charge in [0.1, 0.15) is 11.8 Å². The number of benzene rings is 1. The van der Waals surface area contributed by atoms with E-state index in [1.165, 1.54) is 12.0 Å². The summed E-state index contributed by atoms with van der Waals surface area (Å²) in [6.45, 7) is 5.72. The lowest BCUT2D eigenvalue weighted by atomic mass is 9.79. The lowest BCUT2D eigenvalue weighted by Crippen LogP contribution is -2.68. The van der Waals surface area contributed by atoms with Gasteiger partial charge in [-0.1, -0.05) is 58.2 Å². The zero-order valence-electron chi connectivity index (χ0n) is 27.1. The Bertz CT molecular complexity index is 1330.